The number of hydrogen-bond donors (Lipinski definition) is 1. The standard InChI is InChI=1S/C24H26ClN5O3/c1-29(2)22(31)15-33-20-9-6-5-8-17(20)24(32)26-16-11-12-19(25)18(14-16)23-28-27-21-10-4-3-7-13-30(21)23/h5-6,8-9,11-12,14H,3-4,7,10,13,15H2,1-2H3,(H,26,32). The van der Waals surface area contributed by atoms with E-state index in [1.165, 1.54) is 4.90 Å². The van der Waals surface area contributed by atoms with Crippen LogP contribution in [-0.4, -0.2) is 52.2 Å². The Balaban J connectivity index is 1.56. The summed E-state index contributed by atoms with van der Waals surface area (Å²) in [6, 6.07) is 12.1. The summed E-state index contributed by atoms with van der Waals surface area (Å²) in [5.41, 5.74) is 1.62. The summed E-state index contributed by atoms with van der Waals surface area (Å²) >= 11 is 6.50. The van der Waals surface area contributed by atoms with Crippen LogP contribution in [-0.2, 0) is 17.8 Å². The Hall–Kier alpha value is -3.39. The second kappa shape index (κ2) is 10.0. The van der Waals surface area contributed by atoms with Gasteiger partial charge in [-0.1, -0.05) is 30.2 Å². The first kappa shape index (κ1) is 22.8. The molecule has 4 rings (SSSR count). The summed E-state index contributed by atoms with van der Waals surface area (Å²) in [5.74, 6) is 1.46. The minimum absolute atomic E-state index is 0.152. The first-order valence-corrected chi connectivity index (χ1v) is 11.3. The molecule has 3 aromatic rings. The van der Waals surface area contributed by atoms with E-state index in [2.05, 4.69) is 20.1 Å². The van der Waals surface area contributed by atoms with Crippen LogP contribution in [0.5, 0.6) is 5.75 Å². The van der Waals surface area contributed by atoms with Crippen LogP contribution in [0, 0.1) is 0 Å². The Kier molecular flexibility index (Phi) is 6.93. The van der Waals surface area contributed by atoms with E-state index in [4.69, 9.17) is 16.3 Å². The van der Waals surface area contributed by atoms with Gasteiger partial charge in [-0.2, -0.15) is 0 Å². The lowest BCUT2D eigenvalue weighted by Gasteiger charge is -2.14. The first-order chi connectivity index (χ1) is 15.9. The van der Waals surface area contributed by atoms with Crippen molar-refractivity contribution in [1.29, 1.82) is 0 Å². The van der Waals surface area contributed by atoms with Crippen LogP contribution in [0.1, 0.15) is 35.4 Å². The minimum atomic E-state index is -0.351. The fourth-order valence-electron chi connectivity index (χ4n) is 3.71. The van der Waals surface area contributed by atoms with Crippen LogP contribution in [0.3, 0.4) is 0 Å². The first-order valence-electron chi connectivity index (χ1n) is 10.9. The number of para-hydroxylation sites is 1. The lowest BCUT2D eigenvalue weighted by Crippen LogP contribution is -2.28. The van der Waals surface area contributed by atoms with Crippen molar-refractivity contribution in [3.8, 4) is 17.1 Å². The van der Waals surface area contributed by atoms with Gasteiger partial charge in [0.1, 0.15) is 11.6 Å². The molecule has 33 heavy (non-hydrogen) atoms. The molecule has 1 aliphatic rings. The summed E-state index contributed by atoms with van der Waals surface area (Å²) in [7, 11) is 3.30. The van der Waals surface area contributed by atoms with Gasteiger partial charge in [0, 0.05) is 38.3 Å². The number of amides is 2. The lowest BCUT2D eigenvalue weighted by molar-refractivity contribution is -0.130. The van der Waals surface area contributed by atoms with Gasteiger partial charge >= 0.3 is 0 Å². The van der Waals surface area contributed by atoms with Gasteiger partial charge in [-0.15, -0.1) is 10.2 Å². The molecule has 2 aromatic carbocycles. The van der Waals surface area contributed by atoms with Crippen molar-refractivity contribution in [2.45, 2.75) is 32.2 Å². The predicted molar refractivity (Wildman–Crippen MR) is 127 cm³/mol. The molecule has 0 saturated carbocycles. The summed E-state index contributed by atoms with van der Waals surface area (Å²) in [5, 5.41) is 12.2. The number of aryl methyl sites for hydroxylation is 1. The lowest BCUT2D eigenvalue weighted by atomic mass is 10.1. The summed E-state index contributed by atoms with van der Waals surface area (Å²) < 4.78 is 7.72. The Morgan fingerprint density at radius 2 is 1.94 bits per heavy atom. The molecule has 0 spiro atoms. The molecule has 0 atom stereocenters. The normalized spacial score (nSPS) is 13.1. The van der Waals surface area contributed by atoms with E-state index in [1.54, 1.807) is 50.5 Å². The topological polar surface area (TPSA) is 89.3 Å². The summed E-state index contributed by atoms with van der Waals surface area (Å²) in [6.07, 6.45) is 4.23. The fourth-order valence-corrected chi connectivity index (χ4v) is 3.91. The SMILES string of the molecule is CN(C)C(=O)COc1ccccc1C(=O)Nc1ccc(Cl)c(-c2nnc3n2CCCCC3)c1. The number of anilines is 1. The average molecular weight is 468 g/mol. The second-order valence-electron chi connectivity index (χ2n) is 8.12. The van der Waals surface area contributed by atoms with Gasteiger partial charge in [-0.3, -0.25) is 9.59 Å². The molecular formula is C24H26ClN5O3. The molecule has 9 heteroatoms. The van der Waals surface area contributed by atoms with Gasteiger partial charge in [0.25, 0.3) is 11.8 Å². The van der Waals surface area contributed by atoms with E-state index in [9.17, 15) is 9.59 Å². The van der Waals surface area contributed by atoms with Crippen LogP contribution < -0.4 is 10.1 Å². The third kappa shape index (κ3) is 5.17. The van der Waals surface area contributed by atoms with Gasteiger partial charge in [0.2, 0.25) is 0 Å². The number of aromatic nitrogens is 3. The van der Waals surface area contributed by atoms with Gasteiger partial charge in [0.15, 0.2) is 12.4 Å². The zero-order valence-electron chi connectivity index (χ0n) is 18.7. The Bertz CT molecular complexity index is 1170. The number of likely N-dealkylation sites (N-methyl/N-ethyl adjacent to an activating group) is 1. The molecule has 2 heterocycles. The molecule has 1 N–H and O–H groups in total. The number of rotatable bonds is 6. The molecule has 0 unspecified atom stereocenters. The molecule has 0 saturated heterocycles. The average Bonchev–Trinajstić information content (AvgIpc) is 3.06. The van der Waals surface area contributed by atoms with E-state index in [-0.39, 0.29) is 18.4 Å². The highest BCUT2D eigenvalue weighted by Crippen LogP contribution is 2.32. The minimum Gasteiger partial charge on any atom is -0.483 e. The number of nitrogens with one attached hydrogen (secondary N) is 1. The largest absolute Gasteiger partial charge is 0.483 e. The zero-order chi connectivity index (χ0) is 23.4. The molecule has 8 nitrogen and oxygen atoms in total. The van der Waals surface area contributed by atoms with E-state index >= 15 is 0 Å². The van der Waals surface area contributed by atoms with Crippen molar-refractivity contribution in [2.75, 3.05) is 26.0 Å². The van der Waals surface area contributed by atoms with Crippen LogP contribution in [0.15, 0.2) is 42.5 Å². The maximum Gasteiger partial charge on any atom is 0.259 e. The molecule has 2 amide bonds. The third-order valence-electron chi connectivity index (χ3n) is 5.56. The molecule has 0 aliphatic carbocycles. The number of ether oxygens (including phenoxy) is 1. The third-order valence-corrected chi connectivity index (χ3v) is 5.89. The quantitative estimate of drug-likeness (QED) is 0.590. The second-order valence-corrected chi connectivity index (χ2v) is 8.53. The van der Waals surface area contributed by atoms with Crippen molar-refractivity contribution >= 4 is 29.1 Å². The summed E-state index contributed by atoms with van der Waals surface area (Å²) in [6.45, 7) is 0.696. The highest BCUT2D eigenvalue weighted by molar-refractivity contribution is 6.33. The fraction of sp³-hybridized carbons (Fsp3) is 0.333. The van der Waals surface area contributed by atoms with Crippen molar-refractivity contribution in [3.05, 3.63) is 58.9 Å². The summed E-state index contributed by atoms with van der Waals surface area (Å²) in [4.78, 5) is 26.3. The predicted octanol–water partition coefficient (Wildman–Crippen LogP) is 4.04. The molecule has 1 aliphatic heterocycles. The van der Waals surface area contributed by atoms with E-state index in [0.29, 0.717) is 27.8 Å². The molecule has 172 valence electrons. The number of nitrogens with zero attached hydrogens (tertiary/aromatic N) is 4. The van der Waals surface area contributed by atoms with Crippen LogP contribution in [0.2, 0.25) is 5.02 Å². The van der Waals surface area contributed by atoms with Crippen molar-refractivity contribution in [2.24, 2.45) is 0 Å². The van der Waals surface area contributed by atoms with E-state index in [0.717, 1.165) is 43.6 Å². The highest BCUT2D eigenvalue weighted by atomic mass is 35.5. The molecule has 0 radical (unpaired) electrons. The monoisotopic (exact) mass is 467 g/mol. The van der Waals surface area contributed by atoms with Gasteiger partial charge in [-0.05, 0) is 43.2 Å². The number of benzene rings is 2. The molecule has 1 aromatic heterocycles. The highest BCUT2D eigenvalue weighted by Gasteiger charge is 2.19. The van der Waals surface area contributed by atoms with Gasteiger partial charge in [-0.25, -0.2) is 0 Å². The Labute approximate surface area is 197 Å². The molecule has 0 bridgehead atoms. The number of hydrogen-bond acceptors (Lipinski definition) is 5. The van der Waals surface area contributed by atoms with Crippen LogP contribution >= 0.6 is 11.6 Å². The van der Waals surface area contributed by atoms with Crippen LogP contribution in [0.25, 0.3) is 11.4 Å². The van der Waals surface area contributed by atoms with Gasteiger partial charge < -0.3 is 19.5 Å². The van der Waals surface area contributed by atoms with Crippen molar-refractivity contribution < 1.29 is 14.3 Å². The zero-order valence-corrected chi connectivity index (χ0v) is 19.4. The van der Waals surface area contributed by atoms with Crippen molar-refractivity contribution in [1.82, 2.24) is 19.7 Å². The Morgan fingerprint density at radius 1 is 1.12 bits per heavy atom. The van der Waals surface area contributed by atoms with Crippen molar-refractivity contribution in [3.63, 3.8) is 0 Å². The van der Waals surface area contributed by atoms with E-state index < -0.39 is 0 Å². The number of carbonyl (C=O) groups is 2. The smallest absolute Gasteiger partial charge is 0.259 e. The molecule has 0 fully saturated rings. The van der Waals surface area contributed by atoms with Gasteiger partial charge in [0.05, 0.1) is 10.6 Å². The maximum atomic E-state index is 13.0. The Morgan fingerprint density at radius 3 is 2.76 bits per heavy atom. The number of halogens is 1. The van der Waals surface area contributed by atoms with Crippen LogP contribution in [0.4, 0.5) is 5.69 Å². The maximum absolute atomic E-state index is 13.0. The number of fused-ring (bicyclic) bond motifs is 1. The number of carbonyl (C=O) groups excluding carboxylic acids is 2. The molecular weight excluding hydrogens is 442 g/mol. The van der Waals surface area contributed by atoms with E-state index in [1.807, 2.05) is 6.07 Å².